The van der Waals surface area contributed by atoms with Crippen molar-refractivity contribution in [2.75, 3.05) is 37.6 Å². The molecule has 172 valence electrons. The third-order valence-corrected chi connectivity index (χ3v) is 5.68. The van der Waals surface area contributed by atoms with Gasteiger partial charge in [0, 0.05) is 57.3 Å². The number of nitrogens with zero attached hydrogens (tertiary/aromatic N) is 3. The van der Waals surface area contributed by atoms with Crippen molar-refractivity contribution >= 4 is 17.5 Å². The highest BCUT2D eigenvalue weighted by Gasteiger charge is 2.28. The zero-order valence-corrected chi connectivity index (χ0v) is 18.1. The van der Waals surface area contributed by atoms with Crippen molar-refractivity contribution in [1.29, 1.82) is 0 Å². The Bertz CT molecular complexity index is 1040. The zero-order chi connectivity index (χ0) is 23.0. The molecule has 1 aliphatic rings. The van der Waals surface area contributed by atoms with Crippen molar-refractivity contribution in [1.82, 2.24) is 20.5 Å². The first-order valence-corrected chi connectivity index (χ1v) is 10.8. The average molecular weight is 452 g/mol. The molecule has 8 nitrogen and oxygen atoms in total. The molecule has 1 atom stereocenters. The van der Waals surface area contributed by atoms with Crippen molar-refractivity contribution in [2.45, 2.75) is 12.6 Å². The van der Waals surface area contributed by atoms with Gasteiger partial charge in [0.15, 0.2) is 0 Å². The number of anilines is 1. The fourth-order valence-electron chi connectivity index (χ4n) is 3.87. The summed E-state index contributed by atoms with van der Waals surface area (Å²) in [6.07, 6.45) is 4.86. The van der Waals surface area contributed by atoms with Crippen LogP contribution in [0.15, 0.2) is 71.6 Å². The fourth-order valence-corrected chi connectivity index (χ4v) is 3.87. The molecule has 0 aliphatic carbocycles. The first-order valence-electron chi connectivity index (χ1n) is 10.8. The Morgan fingerprint density at radius 3 is 2.33 bits per heavy atom. The van der Waals surface area contributed by atoms with Crippen LogP contribution < -0.4 is 15.5 Å². The van der Waals surface area contributed by atoms with E-state index >= 15 is 0 Å². The van der Waals surface area contributed by atoms with Crippen LogP contribution in [0.4, 0.5) is 10.1 Å². The van der Waals surface area contributed by atoms with E-state index in [0.717, 1.165) is 43.2 Å². The van der Waals surface area contributed by atoms with Gasteiger partial charge in [0.2, 0.25) is 0 Å². The molecule has 2 N–H and O–H groups in total. The zero-order valence-electron chi connectivity index (χ0n) is 18.1. The molecule has 2 amide bonds. The summed E-state index contributed by atoms with van der Waals surface area (Å²) in [5, 5.41) is 5.35. The van der Waals surface area contributed by atoms with Crippen LogP contribution in [0.3, 0.4) is 0 Å². The number of furan rings is 1. The topological polar surface area (TPSA) is 90.7 Å². The maximum absolute atomic E-state index is 13.2. The molecule has 1 aliphatic heterocycles. The van der Waals surface area contributed by atoms with Gasteiger partial charge in [-0.1, -0.05) is 0 Å². The summed E-state index contributed by atoms with van der Waals surface area (Å²) in [7, 11) is 0. The minimum atomic E-state index is -0.689. The summed E-state index contributed by atoms with van der Waals surface area (Å²) in [6.45, 7) is 3.46. The molecule has 0 unspecified atom stereocenters. The Morgan fingerprint density at radius 1 is 0.970 bits per heavy atom. The van der Waals surface area contributed by atoms with E-state index in [0.29, 0.717) is 0 Å². The molecule has 3 heterocycles. The highest BCUT2D eigenvalue weighted by molar-refractivity contribution is 6.35. The molecule has 1 saturated heterocycles. The molecule has 0 spiro atoms. The maximum atomic E-state index is 13.2. The Hall–Kier alpha value is -3.72. The SMILES string of the molecule is O=C(NCc1ccncc1)C(=O)NC[C@H](c1ccco1)N1CCN(c2ccc(F)cc2)CC1. The normalized spacial score (nSPS) is 15.1. The summed E-state index contributed by atoms with van der Waals surface area (Å²) < 4.78 is 18.8. The van der Waals surface area contributed by atoms with Crippen molar-refractivity contribution in [3.63, 3.8) is 0 Å². The van der Waals surface area contributed by atoms with Crippen molar-refractivity contribution < 1.29 is 18.4 Å². The van der Waals surface area contributed by atoms with Gasteiger partial charge in [-0.25, -0.2) is 4.39 Å². The van der Waals surface area contributed by atoms with Crippen LogP contribution in [0.1, 0.15) is 17.4 Å². The van der Waals surface area contributed by atoms with Crippen molar-refractivity contribution in [3.8, 4) is 0 Å². The minimum absolute atomic E-state index is 0.202. The van der Waals surface area contributed by atoms with E-state index in [9.17, 15) is 14.0 Å². The van der Waals surface area contributed by atoms with Crippen LogP contribution in [0.5, 0.6) is 0 Å². The van der Waals surface area contributed by atoms with E-state index in [2.05, 4.69) is 25.4 Å². The average Bonchev–Trinajstić information content (AvgIpc) is 3.39. The Labute approximate surface area is 191 Å². The third-order valence-electron chi connectivity index (χ3n) is 5.68. The lowest BCUT2D eigenvalue weighted by molar-refractivity contribution is -0.139. The van der Waals surface area contributed by atoms with E-state index in [1.54, 1.807) is 49.0 Å². The summed E-state index contributed by atoms with van der Waals surface area (Å²) in [5.74, 6) is -0.907. The number of rotatable bonds is 7. The van der Waals surface area contributed by atoms with Crippen LogP contribution in [-0.2, 0) is 16.1 Å². The lowest BCUT2D eigenvalue weighted by atomic mass is 10.1. The predicted octanol–water partition coefficient (Wildman–Crippen LogP) is 2.11. The van der Waals surface area contributed by atoms with E-state index in [1.165, 1.54) is 12.1 Å². The molecule has 1 aromatic carbocycles. The summed E-state index contributed by atoms with van der Waals surface area (Å²) in [6, 6.07) is 13.5. The van der Waals surface area contributed by atoms with Gasteiger partial charge in [-0.05, 0) is 54.1 Å². The third kappa shape index (κ3) is 5.95. The Morgan fingerprint density at radius 2 is 1.67 bits per heavy atom. The fraction of sp³-hybridized carbons (Fsp3) is 0.292. The second-order valence-corrected chi connectivity index (χ2v) is 7.78. The Kier molecular flexibility index (Phi) is 7.31. The first-order chi connectivity index (χ1) is 16.1. The van der Waals surface area contributed by atoms with Gasteiger partial charge in [0.05, 0.1) is 12.3 Å². The molecule has 0 saturated carbocycles. The number of amides is 2. The molecular weight excluding hydrogens is 425 g/mol. The quantitative estimate of drug-likeness (QED) is 0.535. The van der Waals surface area contributed by atoms with E-state index in [1.807, 2.05) is 6.07 Å². The number of piperazine rings is 1. The number of carbonyl (C=O) groups is 2. The predicted molar refractivity (Wildman–Crippen MR) is 121 cm³/mol. The van der Waals surface area contributed by atoms with E-state index < -0.39 is 11.8 Å². The van der Waals surface area contributed by atoms with E-state index in [4.69, 9.17) is 4.42 Å². The molecule has 0 radical (unpaired) electrons. The van der Waals surface area contributed by atoms with Gasteiger partial charge in [-0.3, -0.25) is 19.5 Å². The summed E-state index contributed by atoms with van der Waals surface area (Å²) >= 11 is 0. The number of hydrogen-bond acceptors (Lipinski definition) is 6. The van der Waals surface area contributed by atoms with Gasteiger partial charge < -0.3 is 20.0 Å². The van der Waals surface area contributed by atoms with Crippen LogP contribution in [-0.4, -0.2) is 54.4 Å². The molecule has 0 bridgehead atoms. The number of hydrogen-bond donors (Lipinski definition) is 2. The number of benzene rings is 1. The first kappa shape index (κ1) is 22.5. The molecular formula is C24H26FN5O3. The van der Waals surface area contributed by atoms with Crippen LogP contribution >= 0.6 is 0 Å². The monoisotopic (exact) mass is 451 g/mol. The molecule has 9 heteroatoms. The van der Waals surface area contributed by atoms with Gasteiger partial charge in [-0.2, -0.15) is 0 Å². The number of pyridine rings is 1. The highest BCUT2D eigenvalue weighted by atomic mass is 19.1. The second-order valence-electron chi connectivity index (χ2n) is 7.78. The van der Waals surface area contributed by atoms with Crippen LogP contribution in [0, 0.1) is 5.82 Å². The largest absolute Gasteiger partial charge is 0.468 e. The second kappa shape index (κ2) is 10.7. The van der Waals surface area contributed by atoms with Crippen LogP contribution in [0.2, 0.25) is 0 Å². The van der Waals surface area contributed by atoms with Gasteiger partial charge >= 0.3 is 11.8 Å². The molecule has 3 aromatic rings. The molecule has 33 heavy (non-hydrogen) atoms. The standard InChI is InChI=1S/C24H26FN5O3/c25-19-3-5-20(6-4-19)29-11-13-30(14-12-29)21(22-2-1-15-33-22)17-28-24(32)23(31)27-16-18-7-9-26-10-8-18/h1-10,15,21H,11-14,16-17H2,(H,27,31)(H,28,32)/t21-/m1/s1. The van der Waals surface area contributed by atoms with Gasteiger partial charge in [0.1, 0.15) is 11.6 Å². The number of aromatic nitrogens is 1. The summed E-state index contributed by atoms with van der Waals surface area (Å²) in [4.78, 5) is 32.9. The van der Waals surface area contributed by atoms with Crippen LogP contribution in [0.25, 0.3) is 0 Å². The smallest absolute Gasteiger partial charge is 0.309 e. The lowest BCUT2D eigenvalue weighted by Crippen LogP contribution is -2.50. The Balaban J connectivity index is 1.32. The van der Waals surface area contributed by atoms with Gasteiger partial charge in [0.25, 0.3) is 0 Å². The number of carbonyl (C=O) groups excluding carboxylic acids is 2. The highest BCUT2D eigenvalue weighted by Crippen LogP contribution is 2.24. The number of halogens is 1. The van der Waals surface area contributed by atoms with E-state index in [-0.39, 0.29) is 24.9 Å². The molecule has 2 aromatic heterocycles. The van der Waals surface area contributed by atoms with Crippen molar-refractivity contribution in [2.24, 2.45) is 0 Å². The number of nitrogens with one attached hydrogen (secondary N) is 2. The summed E-state index contributed by atoms with van der Waals surface area (Å²) in [5.41, 5.74) is 1.84. The molecule has 1 fully saturated rings. The molecule has 4 rings (SSSR count). The van der Waals surface area contributed by atoms with Gasteiger partial charge in [-0.15, -0.1) is 0 Å². The maximum Gasteiger partial charge on any atom is 0.309 e. The minimum Gasteiger partial charge on any atom is -0.468 e. The lowest BCUT2D eigenvalue weighted by Gasteiger charge is -2.39. The van der Waals surface area contributed by atoms with Crippen molar-refractivity contribution in [3.05, 3.63) is 84.3 Å².